The monoisotopic (exact) mass is 319 g/mol. The maximum Gasteiger partial charge on any atom is 0.284 e. The van der Waals surface area contributed by atoms with E-state index in [-0.39, 0.29) is 16.2 Å². The molecule has 1 aromatic heterocycles. The van der Waals surface area contributed by atoms with E-state index in [0.29, 0.717) is 18.7 Å². The number of aromatic amines is 1. The Labute approximate surface area is 135 Å². The molecule has 2 N–H and O–H groups in total. The van der Waals surface area contributed by atoms with Crippen LogP contribution < -0.4 is 5.32 Å². The van der Waals surface area contributed by atoms with Gasteiger partial charge in [-0.2, -0.15) is 0 Å². The number of rotatable bonds is 4. The average molecular weight is 319 g/mol. The first-order valence-corrected chi connectivity index (χ1v) is 7.62. The minimum Gasteiger partial charge on any atom is -0.414 e. The molecule has 1 heterocycles. The van der Waals surface area contributed by atoms with Crippen LogP contribution in [-0.4, -0.2) is 16.1 Å². The van der Waals surface area contributed by atoms with E-state index in [1.165, 1.54) is 0 Å². The van der Waals surface area contributed by atoms with Gasteiger partial charge in [0, 0.05) is 18.5 Å². The van der Waals surface area contributed by atoms with Gasteiger partial charge in [-0.15, -0.1) is 5.10 Å². The van der Waals surface area contributed by atoms with Crippen molar-refractivity contribution in [3.63, 3.8) is 0 Å². The number of anilines is 1. The fraction of sp³-hybridized carbons (Fsp3) is 0.438. The summed E-state index contributed by atoms with van der Waals surface area (Å²) in [7, 11) is 0. The third kappa shape index (κ3) is 4.04. The van der Waals surface area contributed by atoms with Crippen LogP contribution in [0.1, 0.15) is 44.2 Å². The molecule has 0 saturated carbocycles. The molecule has 2 aromatic rings. The van der Waals surface area contributed by atoms with Gasteiger partial charge in [0.1, 0.15) is 0 Å². The van der Waals surface area contributed by atoms with Gasteiger partial charge in [-0.3, -0.25) is 4.79 Å². The topological polar surface area (TPSA) is 70.9 Å². The third-order valence-corrected chi connectivity index (χ3v) is 3.57. The van der Waals surface area contributed by atoms with E-state index >= 15 is 0 Å². The van der Waals surface area contributed by atoms with E-state index < -0.39 is 0 Å². The first-order valence-electron chi connectivity index (χ1n) is 7.21. The number of benzene rings is 1. The number of carbonyl (C=O) groups excluding carboxylic acids is 1. The van der Waals surface area contributed by atoms with Crippen molar-refractivity contribution in [3.8, 4) is 0 Å². The van der Waals surface area contributed by atoms with Crippen LogP contribution >= 0.6 is 12.2 Å². The smallest absolute Gasteiger partial charge is 0.284 e. The number of para-hydroxylation sites is 1. The minimum absolute atomic E-state index is 0.0383. The Kier molecular flexibility index (Phi) is 4.81. The van der Waals surface area contributed by atoms with Gasteiger partial charge in [-0.05, 0) is 35.7 Å². The normalized spacial score (nSPS) is 11.5. The molecule has 0 fully saturated rings. The summed E-state index contributed by atoms with van der Waals surface area (Å²) in [5.74, 6) is 0.380. The molecule has 0 unspecified atom stereocenters. The van der Waals surface area contributed by atoms with Gasteiger partial charge in [0.15, 0.2) is 0 Å². The van der Waals surface area contributed by atoms with E-state index in [1.807, 2.05) is 19.1 Å². The number of hydrogen-bond acceptors (Lipinski definition) is 4. The summed E-state index contributed by atoms with van der Waals surface area (Å²) in [4.78, 5) is 12.4. The van der Waals surface area contributed by atoms with Crippen LogP contribution in [0.3, 0.4) is 0 Å². The molecular weight excluding hydrogens is 298 g/mol. The molecule has 6 heteroatoms. The third-order valence-electron chi connectivity index (χ3n) is 3.39. The van der Waals surface area contributed by atoms with Gasteiger partial charge in [0.05, 0.1) is 0 Å². The molecule has 0 atom stereocenters. The molecular formula is C16H21N3O2S. The van der Waals surface area contributed by atoms with Crippen molar-refractivity contribution in [2.75, 3.05) is 5.32 Å². The number of carbonyl (C=O) groups is 1. The minimum atomic E-state index is -0.0658. The maximum absolute atomic E-state index is 12.2. The van der Waals surface area contributed by atoms with Crippen molar-refractivity contribution in [3.05, 3.63) is 40.1 Å². The van der Waals surface area contributed by atoms with Gasteiger partial charge >= 0.3 is 0 Å². The first-order chi connectivity index (χ1) is 10.3. The van der Waals surface area contributed by atoms with Crippen LogP contribution in [-0.2, 0) is 16.6 Å². The highest BCUT2D eigenvalue weighted by atomic mass is 32.1. The lowest BCUT2D eigenvalue weighted by atomic mass is 9.84. The van der Waals surface area contributed by atoms with Gasteiger partial charge in [0.2, 0.25) is 11.8 Å². The Morgan fingerprint density at radius 1 is 1.41 bits per heavy atom. The highest BCUT2D eigenvalue weighted by Gasteiger charge is 2.20. The SMILES string of the molecule is Cc1cccc(C(C)(C)C)c1NC(=O)CCc1n[nH]c(=S)o1. The van der Waals surface area contributed by atoms with Gasteiger partial charge < -0.3 is 9.73 Å². The second-order valence-corrected chi connectivity index (χ2v) is 6.67. The molecule has 5 nitrogen and oxygen atoms in total. The van der Waals surface area contributed by atoms with E-state index in [0.717, 1.165) is 16.8 Å². The standard InChI is InChI=1S/C16H21N3O2S/c1-10-6-5-7-11(16(2,3)4)14(10)17-12(20)8-9-13-18-19-15(22)21-13/h5-7H,8-9H2,1-4H3,(H,17,20)(H,19,22). The summed E-state index contributed by atoms with van der Waals surface area (Å²) < 4.78 is 5.15. The first kappa shape index (κ1) is 16.4. The second kappa shape index (κ2) is 6.44. The van der Waals surface area contributed by atoms with Crippen molar-refractivity contribution in [1.29, 1.82) is 0 Å². The quantitative estimate of drug-likeness (QED) is 0.838. The summed E-state index contributed by atoms with van der Waals surface area (Å²) in [6.45, 7) is 8.39. The zero-order valence-electron chi connectivity index (χ0n) is 13.3. The number of aryl methyl sites for hydroxylation is 2. The molecule has 1 amide bonds. The van der Waals surface area contributed by atoms with Gasteiger partial charge in [-0.25, -0.2) is 5.10 Å². The molecule has 118 valence electrons. The number of amides is 1. The molecule has 1 aromatic carbocycles. The van der Waals surface area contributed by atoms with Crippen LogP contribution in [0.15, 0.2) is 22.6 Å². The van der Waals surface area contributed by atoms with E-state index in [9.17, 15) is 4.79 Å². The lowest BCUT2D eigenvalue weighted by Crippen LogP contribution is -2.20. The lowest BCUT2D eigenvalue weighted by Gasteiger charge is -2.24. The van der Waals surface area contributed by atoms with Crippen LogP contribution in [0.4, 0.5) is 5.69 Å². The maximum atomic E-state index is 12.2. The molecule has 0 aliphatic carbocycles. The Hall–Kier alpha value is -1.95. The average Bonchev–Trinajstić information content (AvgIpc) is 2.83. The van der Waals surface area contributed by atoms with Crippen LogP contribution in [0.25, 0.3) is 0 Å². The van der Waals surface area contributed by atoms with Crippen molar-refractivity contribution in [1.82, 2.24) is 10.2 Å². The number of hydrogen-bond donors (Lipinski definition) is 2. The molecule has 0 spiro atoms. The number of aromatic nitrogens is 2. The molecule has 0 saturated heterocycles. The number of nitrogens with zero attached hydrogens (tertiary/aromatic N) is 1. The van der Waals surface area contributed by atoms with E-state index in [4.69, 9.17) is 16.6 Å². The number of H-pyrrole nitrogens is 1. The van der Waals surface area contributed by atoms with Crippen LogP contribution in [0.5, 0.6) is 0 Å². The number of nitrogens with one attached hydrogen (secondary N) is 2. The van der Waals surface area contributed by atoms with Crippen molar-refractivity contribution in [2.45, 2.75) is 46.0 Å². The Balaban J connectivity index is 2.10. The molecule has 0 radical (unpaired) electrons. The Morgan fingerprint density at radius 3 is 2.73 bits per heavy atom. The summed E-state index contributed by atoms with van der Waals surface area (Å²) in [5, 5.41) is 9.46. The molecule has 22 heavy (non-hydrogen) atoms. The predicted molar refractivity (Wildman–Crippen MR) is 88.5 cm³/mol. The van der Waals surface area contributed by atoms with Gasteiger partial charge in [-0.1, -0.05) is 39.0 Å². The highest BCUT2D eigenvalue weighted by Crippen LogP contribution is 2.31. The molecule has 0 aliphatic rings. The Bertz CT molecular complexity index is 725. The fourth-order valence-corrected chi connectivity index (χ4v) is 2.39. The Morgan fingerprint density at radius 2 is 2.14 bits per heavy atom. The summed E-state index contributed by atoms with van der Waals surface area (Å²) >= 11 is 4.81. The summed E-state index contributed by atoms with van der Waals surface area (Å²) in [6, 6.07) is 6.06. The van der Waals surface area contributed by atoms with Crippen molar-refractivity contribution < 1.29 is 9.21 Å². The molecule has 0 bridgehead atoms. The summed E-state index contributed by atoms with van der Waals surface area (Å²) in [5.41, 5.74) is 3.03. The zero-order chi connectivity index (χ0) is 16.3. The van der Waals surface area contributed by atoms with Crippen LogP contribution in [0, 0.1) is 11.8 Å². The zero-order valence-corrected chi connectivity index (χ0v) is 14.1. The fourth-order valence-electron chi connectivity index (χ4n) is 2.25. The van der Waals surface area contributed by atoms with E-state index in [2.05, 4.69) is 42.4 Å². The lowest BCUT2D eigenvalue weighted by molar-refractivity contribution is -0.116. The predicted octanol–water partition coefficient (Wildman–Crippen LogP) is 3.91. The molecule has 0 aliphatic heterocycles. The summed E-state index contributed by atoms with van der Waals surface area (Å²) in [6.07, 6.45) is 0.705. The largest absolute Gasteiger partial charge is 0.414 e. The van der Waals surface area contributed by atoms with Crippen molar-refractivity contribution in [2.24, 2.45) is 0 Å². The highest BCUT2D eigenvalue weighted by molar-refractivity contribution is 7.71. The second-order valence-electron chi connectivity index (χ2n) is 6.30. The molecule has 2 rings (SSSR count). The van der Waals surface area contributed by atoms with Crippen LogP contribution in [0.2, 0.25) is 0 Å². The van der Waals surface area contributed by atoms with Gasteiger partial charge in [0.25, 0.3) is 4.84 Å². The van der Waals surface area contributed by atoms with Crippen molar-refractivity contribution >= 4 is 23.8 Å². The van der Waals surface area contributed by atoms with E-state index in [1.54, 1.807) is 0 Å².